The predicted octanol–water partition coefficient (Wildman–Crippen LogP) is 9.31. The highest BCUT2D eigenvalue weighted by atomic mass is 32.2. The Labute approximate surface area is 295 Å². The Morgan fingerprint density at radius 1 is 0.426 bits per heavy atom. The molecule has 0 atom stereocenters. The molecular formula is C29H21F17O6S2. The molecule has 0 spiro atoms. The molecule has 3 aromatic rings. The normalized spacial score (nSPS) is 14.0. The molecule has 0 aromatic heterocycles. The molecule has 25 heteroatoms. The molecule has 0 N–H and O–H groups in total. The molecule has 0 heterocycles. The molecule has 0 aliphatic rings. The first-order valence-corrected chi connectivity index (χ1v) is 16.2. The van der Waals surface area contributed by atoms with Crippen molar-refractivity contribution in [3.8, 4) is 17.2 Å². The van der Waals surface area contributed by atoms with Gasteiger partial charge in [-0.2, -0.15) is 74.6 Å². The van der Waals surface area contributed by atoms with Crippen molar-refractivity contribution in [2.75, 3.05) is 21.3 Å². The summed E-state index contributed by atoms with van der Waals surface area (Å²) in [6.45, 7) is 0. The second-order valence-electron chi connectivity index (χ2n) is 10.2. The SMILES string of the molecule is COc1ccc([S+](c2ccc(OC)cc2)c2ccc(OC)cc2)cc1.O=S(=O)([O-])C(F)(F)C(F)(F)C(F)(F)C(F)(F)C(F)(F)C(F)(F)C(F)(F)C(F)(F)F. The Morgan fingerprint density at radius 2 is 0.648 bits per heavy atom. The van der Waals surface area contributed by atoms with E-state index in [0.29, 0.717) is 0 Å². The zero-order chi connectivity index (χ0) is 42.1. The van der Waals surface area contributed by atoms with Gasteiger partial charge in [0.05, 0.1) is 32.2 Å². The summed E-state index contributed by atoms with van der Waals surface area (Å²) < 4.78 is 260. The van der Waals surface area contributed by atoms with Crippen molar-refractivity contribution in [3.63, 3.8) is 0 Å². The topological polar surface area (TPSA) is 84.9 Å². The minimum absolute atomic E-state index is 0.212. The molecule has 0 aliphatic heterocycles. The van der Waals surface area contributed by atoms with Gasteiger partial charge in [0.15, 0.2) is 24.8 Å². The van der Waals surface area contributed by atoms with E-state index in [9.17, 15) is 87.6 Å². The molecule has 54 heavy (non-hydrogen) atoms. The Hall–Kier alpha value is -3.87. The maximum absolute atomic E-state index is 13.0. The number of hydrogen-bond acceptors (Lipinski definition) is 6. The Bertz CT molecular complexity index is 1700. The van der Waals surface area contributed by atoms with Gasteiger partial charge in [-0.05, 0) is 72.8 Å². The van der Waals surface area contributed by atoms with Crippen molar-refractivity contribution >= 4 is 21.0 Å². The second-order valence-corrected chi connectivity index (χ2v) is 13.7. The zero-order valence-electron chi connectivity index (χ0n) is 26.6. The van der Waals surface area contributed by atoms with Crippen LogP contribution in [-0.4, -0.2) is 81.3 Å². The average Bonchev–Trinajstić information content (AvgIpc) is 3.08. The van der Waals surface area contributed by atoms with Crippen molar-refractivity contribution in [1.82, 2.24) is 0 Å². The smallest absolute Gasteiger partial charge is 0.460 e. The van der Waals surface area contributed by atoms with E-state index in [1.807, 2.05) is 36.4 Å². The summed E-state index contributed by atoms with van der Waals surface area (Å²) in [5, 5.41) is -7.95. The summed E-state index contributed by atoms with van der Waals surface area (Å²) in [5.41, 5.74) is 0. The molecule has 0 unspecified atom stereocenters. The van der Waals surface area contributed by atoms with Crippen molar-refractivity contribution < 1.29 is 102 Å². The number of methoxy groups -OCH3 is 3. The third-order valence-corrected chi connectivity index (χ3v) is 10.0. The van der Waals surface area contributed by atoms with Crippen LogP contribution < -0.4 is 14.2 Å². The third kappa shape index (κ3) is 7.93. The number of rotatable bonds is 13. The van der Waals surface area contributed by atoms with Crippen LogP contribution in [0.25, 0.3) is 0 Å². The Kier molecular flexibility index (Phi) is 13.1. The van der Waals surface area contributed by atoms with Gasteiger partial charge in [0, 0.05) is 0 Å². The molecule has 0 fully saturated rings. The molecule has 0 amide bonds. The lowest BCUT2D eigenvalue weighted by Gasteiger charge is -2.42. The minimum Gasteiger partial charge on any atom is -0.743 e. The van der Waals surface area contributed by atoms with Gasteiger partial charge in [-0.1, -0.05) is 0 Å². The molecule has 3 rings (SSSR count). The van der Waals surface area contributed by atoms with Gasteiger partial charge in [0.2, 0.25) is 0 Å². The quantitative estimate of drug-likeness (QED) is 0.0969. The first-order chi connectivity index (χ1) is 24.2. The lowest BCUT2D eigenvalue weighted by molar-refractivity contribution is -0.458. The van der Waals surface area contributed by atoms with Gasteiger partial charge >= 0.3 is 47.0 Å². The van der Waals surface area contributed by atoms with E-state index in [2.05, 4.69) is 36.4 Å². The highest BCUT2D eigenvalue weighted by Crippen LogP contribution is 2.64. The van der Waals surface area contributed by atoms with E-state index >= 15 is 0 Å². The zero-order valence-corrected chi connectivity index (χ0v) is 28.3. The highest BCUT2D eigenvalue weighted by molar-refractivity contribution is 7.97. The molecule has 0 bridgehead atoms. The van der Waals surface area contributed by atoms with Crippen LogP contribution in [0.4, 0.5) is 74.6 Å². The fourth-order valence-electron chi connectivity index (χ4n) is 3.85. The fourth-order valence-corrected chi connectivity index (χ4v) is 6.33. The minimum atomic E-state index is -8.92. The number of ether oxygens (including phenoxy) is 3. The Morgan fingerprint density at radius 3 is 0.852 bits per heavy atom. The van der Waals surface area contributed by atoms with Gasteiger partial charge in [0.1, 0.15) is 17.2 Å². The van der Waals surface area contributed by atoms with Crippen molar-refractivity contribution in [2.24, 2.45) is 0 Å². The van der Waals surface area contributed by atoms with Crippen molar-refractivity contribution in [3.05, 3.63) is 72.8 Å². The van der Waals surface area contributed by atoms with E-state index in [1.165, 1.54) is 14.7 Å². The van der Waals surface area contributed by atoms with E-state index in [0.717, 1.165) is 17.2 Å². The van der Waals surface area contributed by atoms with Gasteiger partial charge in [-0.3, -0.25) is 0 Å². The maximum atomic E-state index is 13.0. The number of benzene rings is 3. The summed E-state index contributed by atoms with van der Waals surface area (Å²) in [4.78, 5) is 3.70. The molecule has 0 radical (unpaired) electrons. The van der Waals surface area contributed by atoms with Gasteiger partial charge in [-0.25, -0.2) is 8.42 Å². The van der Waals surface area contributed by atoms with Crippen LogP contribution in [-0.2, 0) is 21.0 Å². The van der Waals surface area contributed by atoms with Gasteiger partial charge in [-0.15, -0.1) is 0 Å². The van der Waals surface area contributed by atoms with E-state index < -0.39 is 57.1 Å². The van der Waals surface area contributed by atoms with Crippen molar-refractivity contribution in [2.45, 2.75) is 61.7 Å². The summed E-state index contributed by atoms with van der Waals surface area (Å²) in [6, 6.07) is 24.7. The standard InChI is InChI=1S/C21H21O3S.C8HF17O3S/c1-22-16-4-10-19(11-5-16)25(20-12-6-17(23-2)7-13-20)21-14-8-18(24-3)9-15-21;9-1(10,3(13,14)5(17,18)7(21,22)23)2(11,12)4(15,16)6(19,20)8(24,25)29(26,27)28/h4-15H,1-3H3;(H,26,27,28)/q+1;/p-1. The lowest BCUT2D eigenvalue weighted by Crippen LogP contribution is -2.75. The molecule has 304 valence electrons. The first-order valence-electron chi connectivity index (χ1n) is 13.6. The van der Waals surface area contributed by atoms with Crippen LogP contribution in [0.3, 0.4) is 0 Å². The van der Waals surface area contributed by atoms with Crippen LogP contribution in [0.15, 0.2) is 87.5 Å². The number of halogens is 17. The maximum Gasteiger partial charge on any atom is 0.460 e. The first kappa shape index (κ1) is 46.3. The molecular weight excluding hydrogens is 831 g/mol. The number of hydrogen-bond donors (Lipinski definition) is 0. The summed E-state index contributed by atoms with van der Waals surface area (Å²) in [6.07, 6.45) is -7.89. The summed E-state index contributed by atoms with van der Waals surface area (Å²) in [5.74, 6) is -49.6. The molecule has 0 saturated heterocycles. The molecule has 3 aromatic carbocycles. The monoisotopic (exact) mass is 852 g/mol. The van der Waals surface area contributed by atoms with E-state index in [-0.39, 0.29) is 10.9 Å². The van der Waals surface area contributed by atoms with Crippen LogP contribution >= 0.6 is 0 Å². The van der Waals surface area contributed by atoms with Crippen LogP contribution in [0.1, 0.15) is 0 Å². The summed E-state index contributed by atoms with van der Waals surface area (Å²) >= 11 is 0. The van der Waals surface area contributed by atoms with Crippen molar-refractivity contribution in [1.29, 1.82) is 0 Å². The predicted molar refractivity (Wildman–Crippen MR) is 152 cm³/mol. The van der Waals surface area contributed by atoms with Crippen LogP contribution in [0.5, 0.6) is 17.2 Å². The van der Waals surface area contributed by atoms with Gasteiger partial charge in [0.25, 0.3) is 0 Å². The van der Waals surface area contributed by atoms with E-state index in [1.54, 1.807) is 21.3 Å². The van der Waals surface area contributed by atoms with Crippen LogP contribution in [0.2, 0.25) is 0 Å². The third-order valence-electron chi connectivity index (χ3n) is 6.89. The average molecular weight is 853 g/mol. The molecule has 6 nitrogen and oxygen atoms in total. The summed E-state index contributed by atoms with van der Waals surface area (Å²) in [7, 11) is -3.31. The molecule has 0 saturated carbocycles. The van der Waals surface area contributed by atoms with Gasteiger partial charge < -0.3 is 18.8 Å². The highest BCUT2D eigenvalue weighted by Gasteiger charge is 2.95. The van der Waals surface area contributed by atoms with E-state index in [4.69, 9.17) is 14.2 Å². The molecule has 0 aliphatic carbocycles. The number of alkyl halides is 17. The lowest BCUT2D eigenvalue weighted by atomic mass is 9.91. The largest absolute Gasteiger partial charge is 0.743 e. The Balaban J connectivity index is 0.000000376. The fraction of sp³-hybridized carbons (Fsp3) is 0.379. The van der Waals surface area contributed by atoms with Crippen LogP contribution in [0, 0.1) is 0 Å². The second kappa shape index (κ2) is 15.3.